The molecule has 0 fully saturated rings. The second-order valence-corrected chi connectivity index (χ2v) is 4.45. The molecule has 0 N–H and O–H groups in total. The van der Waals surface area contributed by atoms with Gasteiger partial charge in [-0.1, -0.05) is 11.6 Å². The fourth-order valence-electron chi connectivity index (χ4n) is 1.07. The minimum absolute atomic E-state index is 0.214. The van der Waals surface area contributed by atoms with Crippen molar-refractivity contribution in [2.24, 2.45) is 0 Å². The van der Waals surface area contributed by atoms with Gasteiger partial charge in [0.1, 0.15) is 0 Å². The monoisotopic (exact) mass is 257 g/mol. The summed E-state index contributed by atoms with van der Waals surface area (Å²) in [5.41, 5.74) is 0. The molecule has 0 atom stereocenters. The summed E-state index contributed by atoms with van der Waals surface area (Å²) >= 11 is 7.22. The van der Waals surface area contributed by atoms with E-state index < -0.39 is 0 Å². The van der Waals surface area contributed by atoms with Gasteiger partial charge in [0.25, 0.3) is 0 Å². The van der Waals surface area contributed by atoms with E-state index in [0.29, 0.717) is 10.2 Å². The van der Waals surface area contributed by atoms with Gasteiger partial charge in [-0.3, -0.25) is 0 Å². The summed E-state index contributed by atoms with van der Waals surface area (Å²) in [6.45, 7) is 0. The molecule has 0 radical (unpaired) electrons. The lowest BCUT2D eigenvalue weighted by Gasteiger charge is -2.02. The van der Waals surface area contributed by atoms with E-state index >= 15 is 0 Å². The van der Waals surface area contributed by atoms with Crippen LogP contribution in [0.3, 0.4) is 0 Å². The molecular formula is C9H8ClN3O2S. The molecule has 0 unspecified atom stereocenters. The molecule has 7 heteroatoms. The first-order valence-corrected chi connectivity index (χ1v) is 5.52. The van der Waals surface area contributed by atoms with Crippen LogP contribution in [-0.2, 0) is 0 Å². The third kappa shape index (κ3) is 2.23. The highest BCUT2D eigenvalue weighted by molar-refractivity contribution is 7.19. The summed E-state index contributed by atoms with van der Waals surface area (Å²) in [6, 6.07) is 4.05. The van der Waals surface area contributed by atoms with Crippen molar-refractivity contribution in [1.82, 2.24) is 15.0 Å². The zero-order valence-electron chi connectivity index (χ0n) is 8.60. The maximum absolute atomic E-state index is 5.84. The Morgan fingerprint density at radius 3 is 2.12 bits per heavy atom. The van der Waals surface area contributed by atoms with Crippen molar-refractivity contribution in [3.05, 3.63) is 16.5 Å². The summed E-state index contributed by atoms with van der Waals surface area (Å²) in [6.07, 6.45) is 0. The number of nitrogens with zero attached hydrogens (tertiary/aromatic N) is 3. The van der Waals surface area contributed by atoms with Gasteiger partial charge in [0.05, 0.1) is 23.4 Å². The lowest BCUT2D eigenvalue weighted by Crippen LogP contribution is -2.00. The summed E-state index contributed by atoms with van der Waals surface area (Å²) in [5.74, 6) is 0.487. The predicted molar refractivity (Wildman–Crippen MR) is 61.3 cm³/mol. The van der Waals surface area contributed by atoms with Crippen molar-refractivity contribution in [1.29, 1.82) is 0 Å². The van der Waals surface area contributed by atoms with Crippen molar-refractivity contribution in [2.45, 2.75) is 0 Å². The van der Waals surface area contributed by atoms with Crippen LogP contribution >= 0.6 is 22.9 Å². The Morgan fingerprint density at radius 1 is 1.06 bits per heavy atom. The quantitative estimate of drug-likeness (QED) is 0.844. The van der Waals surface area contributed by atoms with E-state index in [2.05, 4.69) is 15.0 Å². The first kappa shape index (κ1) is 11.1. The molecule has 0 aliphatic carbocycles. The Hall–Kier alpha value is -1.40. The van der Waals surface area contributed by atoms with Crippen LogP contribution in [0.4, 0.5) is 0 Å². The number of halogens is 1. The van der Waals surface area contributed by atoms with E-state index in [0.717, 1.165) is 4.88 Å². The van der Waals surface area contributed by atoms with Crippen molar-refractivity contribution in [3.8, 4) is 22.7 Å². The zero-order chi connectivity index (χ0) is 11.5. The Morgan fingerprint density at radius 2 is 1.69 bits per heavy atom. The molecule has 0 amide bonds. The van der Waals surface area contributed by atoms with E-state index in [1.807, 2.05) is 6.07 Å². The maximum atomic E-state index is 5.84. The normalized spacial score (nSPS) is 10.2. The third-order valence-electron chi connectivity index (χ3n) is 1.75. The average Bonchev–Trinajstić information content (AvgIpc) is 2.75. The summed E-state index contributed by atoms with van der Waals surface area (Å²) < 4.78 is 10.6. The van der Waals surface area contributed by atoms with Crippen LogP contribution in [0, 0.1) is 0 Å². The molecule has 2 heterocycles. The van der Waals surface area contributed by atoms with E-state index in [-0.39, 0.29) is 12.0 Å². The molecule has 0 aliphatic rings. The SMILES string of the molecule is COc1nc(OC)nc(-c2ccc(Cl)s2)n1. The Bertz CT molecular complexity index is 481. The summed E-state index contributed by atoms with van der Waals surface area (Å²) in [7, 11) is 2.97. The molecule has 2 rings (SSSR count). The van der Waals surface area contributed by atoms with Gasteiger partial charge in [0.2, 0.25) is 0 Å². The number of methoxy groups -OCH3 is 2. The van der Waals surface area contributed by atoms with Gasteiger partial charge in [-0.2, -0.15) is 9.97 Å². The van der Waals surface area contributed by atoms with Crippen molar-refractivity contribution >= 4 is 22.9 Å². The van der Waals surface area contributed by atoms with E-state index in [1.165, 1.54) is 25.6 Å². The fourth-order valence-corrected chi connectivity index (χ4v) is 2.04. The largest absolute Gasteiger partial charge is 0.467 e. The van der Waals surface area contributed by atoms with Crippen LogP contribution in [-0.4, -0.2) is 29.2 Å². The number of hydrogen-bond acceptors (Lipinski definition) is 6. The van der Waals surface area contributed by atoms with E-state index in [4.69, 9.17) is 21.1 Å². The van der Waals surface area contributed by atoms with Gasteiger partial charge in [0, 0.05) is 0 Å². The van der Waals surface area contributed by atoms with Crippen LogP contribution < -0.4 is 9.47 Å². The highest BCUT2D eigenvalue weighted by atomic mass is 35.5. The fraction of sp³-hybridized carbons (Fsp3) is 0.222. The van der Waals surface area contributed by atoms with Gasteiger partial charge in [-0.15, -0.1) is 16.3 Å². The van der Waals surface area contributed by atoms with E-state index in [9.17, 15) is 0 Å². The zero-order valence-corrected chi connectivity index (χ0v) is 10.2. The number of rotatable bonds is 3. The number of ether oxygens (including phenoxy) is 2. The molecule has 0 bridgehead atoms. The smallest absolute Gasteiger partial charge is 0.322 e. The average molecular weight is 258 g/mol. The summed E-state index contributed by atoms with van der Waals surface area (Å²) in [5, 5.41) is 0. The molecule has 84 valence electrons. The second kappa shape index (κ2) is 4.63. The Balaban J connectivity index is 2.47. The molecule has 0 spiro atoms. The third-order valence-corrected chi connectivity index (χ3v) is 2.98. The highest BCUT2D eigenvalue weighted by Crippen LogP contribution is 2.29. The predicted octanol–water partition coefficient (Wildman–Crippen LogP) is 2.27. The van der Waals surface area contributed by atoms with Crippen LogP contribution in [0.2, 0.25) is 4.34 Å². The van der Waals surface area contributed by atoms with Crippen LogP contribution in [0.5, 0.6) is 12.0 Å². The molecule has 0 saturated carbocycles. The van der Waals surface area contributed by atoms with Gasteiger partial charge < -0.3 is 9.47 Å². The van der Waals surface area contributed by atoms with Gasteiger partial charge in [-0.05, 0) is 12.1 Å². The van der Waals surface area contributed by atoms with Gasteiger partial charge in [0.15, 0.2) is 5.82 Å². The number of hydrogen-bond donors (Lipinski definition) is 0. The van der Waals surface area contributed by atoms with Crippen molar-refractivity contribution in [3.63, 3.8) is 0 Å². The van der Waals surface area contributed by atoms with Gasteiger partial charge >= 0.3 is 12.0 Å². The minimum atomic E-state index is 0.214. The maximum Gasteiger partial charge on any atom is 0.322 e. The molecule has 5 nitrogen and oxygen atoms in total. The Labute approximate surface area is 101 Å². The number of aromatic nitrogens is 3. The molecule has 0 saturated heterocycles. The van der Waals surface area contributed by atoms with Crippen LogP contribution in [0.25, 0.3) is 10.7 Å². The van der Waals surface area contributed by atoms with Crippen molar-refractivity contribution in [2.75, 3.05) is 14.2 Å². The van der Waals surface area contributed by atoms with Crippen molar-refractivity contribution < 1.29 is 9.47 Å². The number of thiophene rings is 1. The molecule has 0 aromatic carbocycles. The first-order valence-electron chi connectivity index (χ1n) is 4.32. The van der Waals surface area contributed by atoms with Crippen LogP contribution in [0.1, 0.15) is 0 Å². The molecule has 2 aromatic heterocycles. The Kier molecular flexibility index (Phi) is 3.21. The second-order valence-electron chi connectivity index (χ2n) is 2.74. The van der Waals surface area contributed by atoms with E-state index in [1.54, 1.807) is 6.07 Å². The topological polar surface area (TPSA) is 57.1 Å². The van der Waals surface area contributed by atoms with Gasteiger partial charge in [-0.25, -0.2) is 0 Å². The molecular weight excluding hydrogens is 250 g/mol. The standard InChI is InChI=1S/C9H8ClN3O2S/c1-14-8-11-7(12-9(13-8)15-2)5-3-4-6(10)16-5/h3-4H,1-2H3. The molecule has 2 aromatic rings. The lowest BCUT2D eigenvalue weighted by atomic mass is 10.4. The summed E-state index contributed by atoms with van der Waals surface area (Å²) in [4.78, 5) is 13.0. The highest BCUT2D eigenvalue weighted by Gasteiger charge is 2.10. The van der Waals surface area contributed by atoms with Crippen LogP contribution in [0.15, 0.2) is 12.1 Å². The minimum Gasteiger partial charge on any atom is -0.467 e. The first-order chi connectivity index (χ1) is 7.72. The molecule has 16 heavy (non-hydrogen) atoms. The molecule has 0 aliphatic heterocycles. The lowest BCUT2D eigenvalue weighted by molar-refractivity contribution is 0.341.